The molecule has 7 rings (SSSR count). The summed E-state index contributed by atoms with van der Waals surface area (Å²) in [5.41, 5.74) is 8.26. The van der Waals surface area contributed by atoms with Gasteiger partial charge in [-0.15, -0.1) is 10.2 Å². The van der Waals surface area contributed by atoms with E-state index in [1.165, 1.54) is 16.9 Å². The van der Waals surface area contributed by atoms with Crippen molar-refractivity contribution >= 4 is 11.4 Å². The highest BCUT2D eigenvalue weighted by Crippen LogP contribution is 2.36. The Hall–Kier alpha value is -4.62. The van der Waals surface area contributed by atoms with E-state index in [4.69, 9.17) is 4.98 Å². The molecule has 0 spiro atoms. The summed E-state index contributed by atoms with van der Waals surface area (Å²) < 4.78 is 0. The standard InChI is InChI=1S/C33H30N7/c1-2-7-25(8-3-1)32-31(36-33(38-37-32)27-9-6-18-34-21-27)26-14-12-24(13-15-26)22-39-19-16-28(17-20-39)40-23-35-29-10-4-5-11-30(29)40/h1-15,18,21,23,28,35H,16-17,19-20,22H2. The molecule has 1 radical (unpaired) electrons. The third kappa shape index (κ3) is 4.92. The minimum absolute atomic E-state index is 0.533. The van der Waals surface area contributed by atoms with Crippen LogP contribution in [-0.2, 0) is 6.54 Å². The van der Waals surface area contributed by atoms with Crippen LogP contribution in [0.15, 0.2) is 103 Å². The molecule has 7 heteroatoms. The average molecular weight is 525 g/mol. The molecule has 0 amide bonds. The highest BCUT2D eigenvalue weighted by atomic mass is 15.3. The Morgan fingerprint density at radius 2 is 1.48 bits per heavy atom. The Bertz CT molecular complexity index is 1580. The number of piperidine rings is 1. The molecular formula is C33H30N7. The Balaban J connectivity index is 1.07. The summed E-state index contributed by atoms with van der Waals surface area (Å²) in [6.07, 6.45) is 5.81. The fraction of sp³-hybridized carbons (Fsp3) is 0.182. The zero-order valence-corrected chi connectivity index (χ0v) is 22.2. The first-order valence-corrected chi connectivity index (χ1v) is 13.8. The lowest BCUT2D eigenvalue weighted by Crippen LogP contribution is -2.43. The molecule has 0 saturated carbocycles. The van der Waals surface area contributed by atoms with Crippen LogP contribution in [0.1, 0.15) is 18.4 Å². The van der Waals surface area contributed by atoms with Gasteiger partial charge in [-0.05, 0) is 42.7 Å². The first-order chi connectivity index (χ1) is 19.8. The van der Waals surface area contributed by atoms with Gasteiger partial charge in [-0.2, -0.15) is 0 Å². The molecule has 0 unspecified atom stereocenters. The summed E-state index contributed by atoms with van der Waals surface area (Å²) in [5.74, 6) is 0.572. The molecular weight excluding hydrogens is 494 g/mol. The number of hydrogen-bond donors (Lipinski definition) is 1. The van der Waals surface area contributed by atoms with Crippen LogP contribution in [0.2, 0.25) is 0 Å². The lowest BCUT2D eigenvalue weighted by atomic mass is 10.0. The van der Waals surface area contributed by atoms with Crippen LogP contribution in [0.3, 0.4) is 0 Å². The largest absolute Gasteiger partial charge is 0.360 e. The van der Waals surface area contributed by atoms with Crippen LogP contribution >= 0.6 is 0 Å². The predicted octanol–water partition coefficient (Wildman–Crippen LogP) is 6.28. The third-order valence-electron chi connectivity index (χ3n) is 7.78. The lowest BCUT2D eigenvalue weighted by molar-refractivity contribution is 0.204. The van der Waals surface area contributed by atoms with Crippen molar-refractivity contribution in [2.24, 2.45) is 0 Å². The van der Waals surface area contributed by atoms with E-state index in [1.54, 1.807) is 12.4 Å². The third-order valence-corrected chi connectivity index (χ3v) is 7.78. The molecule has 1 fully saturated rings. The van der Waals surface area contributed by atoms with Gasteiger partial charge in [0.05, 0.1) is 11.4 Å². The van der Waals surface area contributed by atoms with Gasteiger partial charge < -0.3 is 10.2 Å². The molecule has 7 nitrogen and oxygen atoms in total. The second-order valence-electron chi connectivity index (χ2n) is 10.3. The maximum atomic E-state index is 4.96. The first kappa shape index (κ1) is 24.4. The van der Waals surface area contributed by atoms with Crippen molar-refractivity contribution in [2.45, 2.75) is 25.4 Å². The molecule has 2 aliphatic rings. The number of nitrogens with one attached hydrogen (secondary N) is 1. The number of nitrogens with zero attached hydrogens (tertiary/aromatic N) is 6. The fourth-order valence-electron chi connectivity index (χ4n) is 5.65. The Kier molecular flexibility index (Phi) is 6.63. The zero-order chi connectivity index (χ0) is 26.7. The maximum Gasteiger partial charge on any atom is 0.183 e. The molecule has 3 aromatic carbocycles. The highest BCUT2D eigenvalue weighted by Gasteiger charge is 2.29. The van der Waals surface area contributed by atoms with Crippen LogP contribution in [0.5, 0.6) is 0 Å². The summed E-state index contributed by atoms with van der Waals surface area (Å²) in [5, 5.41) is 12.5. The number of rotatable bonds is 6. The van der Waals surface area contributed by atoms with Gasteiger partial charge in [0.2, 0.25) is 0 Å². The predicted molar refractivity (Wildman–Crippen MR) is 159 cm³/mol. The molecule has 2 aromatic heterocycles. The van der Waals surface area contributed by atoms with Gasteiger partial charge in [0.15, 0.2) is 5.82 Å². The Labute approximate surface area is 234 Å². The number of likely N-dealkylation sites (tertiary alicyclic amines) is 1. The first-order valence-electron chi connectivity index (χ1n) is 13.8. The van der Waals surface area contributed by atoms with E-state index < -0.39 is 0 Å². The van der Waals surface area contributed by atoms with Crippen molar-refractivity contribution in [1.29, 1.82) is 0 Å². The smallest absolute Gasteiger partial charge is 0.183 e. The number of benzene rings is 3. The van der Waals surface area contributed by atoms with Crippen LogP contribution in [-0.4, -0.2) is 44.2 Å². The van der Waals surface area contributed by atoms with Gasteiger partial charge in [-0.1, -0.05) is 66.7 Å². The molecule has 0 bridgehead atoms. The Morgan fingerprint density at radius 3 is 2.27 bits per heavy atom. The van der Waals surface area contributed by atoms with Gasteiger partial charge in [0, 0.05) is 54.8 Å². The summed E-state index contributed by atoms with van der Waals surface area (Å²) in [7, 11) is 0. The summed E-state index contributed by atoms with van der Waals surface area (Å²) in [4.78, 5) is 14.2. The number of fused-ring (bicyclic) bond motifs is 1. The number of anilines is 2. The van der Waals surface area contributed by atoms with Crippen molar-refractivity contribution in [1.82, 2.24) is 25.1 Å². The normalized spacial score (nSPS) is 15.6. The molecule has 1 saturated heterocycles. The van der Waals surface area contributed by atoms with Crippen LogP contribution in [0, 0.1) is 6.67 Å². The van der Waals surface area contributed by atoms with Crippen molar-refractivity contribution in [2.75, 3.05) is 23.3 Å². The number of pyridine rings is 1. The molecule has 197 valence electrons. The average Bonchev–Trinajstić information content (AvgIpc) is 3.47. The number of hydrogen-bond acceptors (Lipinski definition) is 7. The van der Waals surface area contributed by atoms with Gasteiger partial charge in [0.25, 0.3) is 0 Å². The molecule has 2 aliphatic heterocycles. The summed E-state index contributed by atoms with van der Waals surface area (Å²) >= 11 is 0. The van der Waals surface area contributed by atoms with Crippen LogP contribution in [0.4, 0.5) is 11.4 Å². The quantitative estimate of drug-likeness (QED) is 0.280. The summed E-state index contributed by atoms with van der Waals surface area (Å²) in [6, 6.07) is 31.8. The maximum absolute atomic E-state index is 4.96. The minimum Gasteiger partial charge on any atom is -0.360 e. The SMILES string of the molecule is [CH]1Nc2ccccc2N1C1CCN(Cc2ccc(-c3nc(-c4cccnc4)nnc3-c3ccccc3)cc2)CC1. The summed E-state index contributed by atoms with van der Waals surface area (Å²) in [6.45, 7) is 5.25. The van der Waals surface area contributed by atoms with Gasteiger partial charge in [0.1, 0.15) is 18.1 Å². The van der Waals surface area contributed by atoms with E-state index in [1.807, 2.05) is 42.5 Å². The molecule has 0 atom stereocenters. The van der Waals surface area contributed by atoms with E-state index >= 15 is 0 Å². The van der Waals surface area contributed by atoms with E-state index in [-0.39, 0.29) is 0 Å². The van der Waals surface area contributed by atoms with Gasteiger partial charge in [-0.25, -0.2) is 4.98 Å². The van der Waals surface area contributed by atoms with Crippen molar-refractivity contribution in [3.05, 3.63) is 116 Å². The topological polar surface area (TPSA) is 70.1 Å². The lowest BCUT2D eigenvalue weighted by Gasteiger charge is -2.37. The molecule has 0 aliphatic carbocycles. The number of aromatic nitrogens is 4. The van der Waals surface area contributed by atoms with Crippen molar-refractivity contribution in [3.63, 3.8) is 0 Å². The second kappa shape index (κ2) is 10.9. The zero-order valence-electron chi connectivity index (χ0n) is 22.2. The van der Waals surface area contributed by atoms with E-state index in [0.29, 0.717) is 11.9 Å². The highest BCUT2D eigenvalue weighted by molar-refractivity contribution is 5.79. The minimum atomic E-state index is 0.533. The van der Waals surface area contributed by atoms with Gasteiger partial charge in [-0.3, -0.25) is 9.88 Å². The van der Waals surface area contributed by atoms with E-state index in [2.05, 4.69) is 85.5 Å². The fourth-order valence-corrected chi connectivity index (χ4v) is 5.65. The van der Waals surface area contributed by atoms with Crippen molar-refractivity contribution in [3.8, 4) is 33.9 Å². The molecule has 4 heterocycles. The Morgan fingerprint density at radius 1 is 0.725 bits per heavy atom. The molecule has 5 aromatic rings. The molecule has 40 heavy (non-hydrogen) atoms. The van der Waals surface area contributed by atoms with Crippen LogP contribution < -0.4 is 10.2 Å². The van der Waals surface area contributed by atoms with Gasteiger partial charge >= 0.3 is 0 Å². The van der Waals surface area contributed by atoms with E-state index in [9.17, 15) is 0 Å². The van der Waals surface area contributed by atoms with Crippen LogP contribution in [0.25, 0.3) is 33.9 Å². The number of para-hydroxylation sites is 2. The van der Waals surface area contributed by atoms with E-state index in [0.717, 1.165) is 60.6 Å². The monoisotopic (exact) mass is 524 g/mol. The molecule has 1 N–H and O–H groups in total. The van der Waals surface area contributed by atoms with Crippen molar-refractivity contribution < 1.29 is 0 Å². The second-order valence-corrected chi connectivity index (χ2v) is 10.3.